The largest absolute Gasteiger partial charge is 0.534 e. The van der Waals surface area contributed by atoms with Crippen molar-refractivity contribution in [3.8, 4) is 5.75 Å². The minimum Gasteiger partial charge on any atom is -0.447 e. The number of halogens is 3. The average Bonchev–Trinajstić information content (AvgIpc) is 3.04. The van der Waals surface area contributed by atoms with Gasteiger partial charge >= 0.3 is 21.7 Å². The lowest BCUT2D eigenvalue weighted by molar-refractivity contribution is -0.127. The molecule has 11 heteroatoms. The molecule has 1 aliphatic rings. The Balaban J connectivity index is 2.45. The third kappa shape index (κ3) is 5.25. The van der Waals surface area contributed by atoms with E-state index in [4.69, 9.17) is 0 Å². The molecule has 0 aliphatic carbocycles. The van der Waals surface area contributed by atoms with Crippen molar-refractivity contribution in [3.05, 3.63) is 60.7 Å². The highest BCUT2D eigenvalue weighted by Gasteiger charge is 2.48. The fourth-order valence-electron chi connectivity index (χ4n) is 2.45. The molecule has 0 spiro atoms. The van der Waals surface area contributed by atoms with Crippen LogP contribution in [0.5, 0.6) is 5.75 Å². The van der Waals surface area contributed by atoms with E-state index in [2.05, 4.69) is 22.1 Å². The molecule has 0 aromatic heterocycles. The van der Waals surface area contributed by atoms with Gasteiger partial charge in [-0.3, -0.25) is 4.79 Å². The van der Waals surface area contributed by atoms with Gasteiger partial charge in [0.2, 0.25) is 5.91 Å². The summed E-state index contributed by atoms with van der Waals surface area (Å²) >= 11 is 0. The number of hydrogen-bond acceptors (Lipinski definition) is 6. The van der Waals surface area contributed by atoms with Crippen molar-refractivity contribution in [2.24, 2.45) is 0 Å². The van der Waals surface area contributed by atoms with Gasteiger partial charge in [-0.1, -0.05) is 37.5 Å². The number of imide groups is 1. The third-order valence-electron chi connectivity index (χ3n) is 3.72. The number of nitrogens with zero attached hydrogens (tertiary/aromatic N) is 1. The van der Waals surface area contributed by atoms with Crippen LogP contribution in [0.2, 0.25) is 0 Å². The van der Waals surface area contributed by atoms with Crippen LogP contribution in [0.15, 0.2) is 49.6 Å². The van der Waals surface area contributed by atoms with Crippen LogP contribution in [-0.2, 0) is 26.1 Å². The van der Waals surface area contributed by atoms with E-state index in [0.29, 0.717) is 5.57 Å². The summed E-state index contributed by atoms with van der Waals surface area (Å²) in [5.74, 6) is -1.31. The molecule has 1 heterocycles. The van der Waals surface area contributed by atoms with Gasteiger partial charge in [0, 0.05) is 0 Å². The molecule has 2 amide bonds. The topological polar surface area (TPSA) is 90.0 Å². The number of hydrogen-bond donors (Lipinski definition) is 0. The van der Waals surface area contributed by atoms with Gasteiger partial charge in [0.05, 0.1) is 13.0 Å². The number of ether oxygens (including phenoxy) is 1. The molecular formula is C18H16F3NO6S. The molecule has 1 aromatic carbocycles. The molecule has 7 nitrogen and oxygen atoms in total. The minimum absolute atomic E-state index is 0.0332. The Kier molecular flexibility index (Phi) is 6.52. The van der Waals surface area contributed by atoms with Crippen LogP contribution in [0, 0.1) is 0 Å². The lowest BCUT2D eigenvalue weighted by Gasteiger charge is -2.14. The predicted molar refractivity (Wildman–Crippen MR) is 97.2 cm³/mol. The molecule has 0 unspecified atom stereocenters. The molecule has 29 heavy (non-hydrogen) atoms. The van der Waals surface area contributed by atoms with Crippen LogP contribution < -0.4 is 4.18 Å². The van der Waals surface area contributed by atoms with Crippen molar-refractivity contribution in [3.63, 3.8) is 0 Å². The van der Waals surface area contributed by atoms with Crippen molar-refractivity contribution in [1.29, 1.82) is 0 Å². The molecule has 0 atom stereocenters. The molecule has 1 aromatic rings. The Morgan fingerprint density at radius 2 is 1.97 bits per heavy atom. The molecule has 2 rings (SSSR count). The first kappa shape index (κ1) is 22.2. The maximum Gasteiger partial charge on any atom is 0.534 e. The summed E-state index contributed by atoms with van der Waals surface area (Å²) in [7, 11) is -5.92. The van der Waals surface area contributed by atoms with Crippen molar-refractivity contribution in [2.45, 2.75) is 11.9 Å². The number of amides is 2. The highest BCUT2D eigenvalue weighted by Crippen LogP contribution is 2.30. The van der Waals surface area contributed by atoms with Crippen LogP contribution in [0.4, 0.5) is 18.0 Å². The van der Waals surface area contributed by atoms with Crippen LogP contribution in [-0.4, -0.2) is 44.0 Å². The zero-order valence-corrected chi connectivity index (χ0v) is 15.8. The molecule has 1 saturated heterocycles. The molecule has 1 fully saturated rings. The average molecular weight is 431 g/mol. The number of carbonyl (C=O) groups is 2. The quantitative estimate of drug-likeness (QED) is 0.374. The van der Waals surface area contributed by atoms with Gasteiger partial charge in [-0.25, -0.2) is 9.69 Å². The van der Waals surface area contributed by atoms with Gasteiger partial charge < -0.3 is 8.92 Å². The number of benzene rings is 1. The fraction of sp³-hybridized carbons (Fsp3) is 0.222. The smallest absolute Gasteiger partial charge is 0.447 e. The first-order valence-electron chi connectivity index (χ1n) is 8.06. The van der Waals surface area contributed by atoms with Crippen LogP contribution in [0.1, 0.15) is 11.1 Å². The highest BCUT2D eigenvalue weighted by molar-refractivity contribution is 7.88. The van der Waals surface area contributed by atoms with E-state index in [9.17, 15) is 31.2 Å². The van der Waals surface area contributed by atoms with Gasteiger partial charge in [-0.15, -0.1) is 0 Å². The SMILES string of the molecule is C=C/C=C(\C=C)c1cc(CC(=O)N2CCOC2=O)cc(OS(=O)(=O)C(F)(F)F)c1. The molecule has 156 valence electrons. The number of cyclic esters (lactones) is 1. The van der Waals surface area contributed by atoms with Crippen LogP contribution in [0.3, 0.4) is 0 Å². The maximum atomic E-state index is 12.7. The summed E-state index contributed by atoms with van der Waals surface area (Å²) in [4.78, 5) is 24.6. The molecule has 0 N–H and O–H groups in total. The Morgan fingerprint density at radius 1 is 1.28 bits per heavy atom. The minimum atomic E-state index is -5.92. The van der Waals surface area contributed by atoms with Crippen molar-refractivity contribution in [1.82, 2.24) is 4.90 Å². The summed E-state index contributed by atoms with van der Waals surface area (Å²) in [6.45, 7) is 7.15. The van der Waals surface area contributed by atoms with Crippen LogP contribution in [0.25, 0.3) is 5.57 Å². The zero-order valence-electron chi connectivity index (χ0n) is 14.9. The molecule has 0 saturated carbocycles. The Morgan fingerprint density at radius 3 is 2.48 bits per heavy atom. The third-order valence-corrected chi connectivity index (χ3v) is 4.70. The van der Waals surface area contributed by atoms with Gasteiger partial charge in [0.25, 0.3) is 0 Å². The van der Waals surface area contributed by atoms with Crippen molar-refractivity contribution < 1.29 is 40.1 Å². The summed E-state index contributed by atoms with van der Waals surface area (Å²) in [6, 6.07) is 3.46. The Labute approximate surface area is 164 Å². The molecule has 1 aliphatic heterocycles. The maximum absolute atomic E-state index is 12.7. The number of rotatable bonds is 7. The van der Waals surface area contributed by atoms with Crippen molar-refractivity contribution in [2.75, 3.05) is 13.2 Å². The van der Waals surface area contributed by atoms with Gasteiger partial charge in [-0.05, 0) is 28.8 Å². The molecule has 0 bridgehead atoms. The Hall–Kier alpha value is -3.08. The summed E-state index contributed by atoms with van der Waals surface area (Å²) in [5.41, 5.74) is -4.88. The van der Waals surface area contributed by atoms with Crippen molar-refractivity contribution >= 4 is 27.7 Å². The van der Waals surface area contributed by atoms with Gasteiger partial charge in [0.1, 0.15) is 12.4 Å². The van der Waals surface area contributed by atoms with Crippen LogP contribution >= 0.6 is 0 Å². The van der Waals surface area contributed by atoms with E-state index >= 15 is 0 Å². The number of carbonyl (C=O) groups excluding carboxylic acids is 2. The lowest BCUT2D eigenvalue weighted by atomic mass is 10.0. The molecule has 0 radical (unpaired) electrons. The zero-order chi connectivity index (χ0) is 21.8. The highest BCUT2D eigenvalue weighted by atomic mass is 32.2. The first-order valence-corrected chi connectivity index (χ1v) is 9.46. The summed E-state index contributed by atoms with van der Waals surface area (Å²) in [5, 5.41) is 0. The van der Waals surface area contributed by atoms with E-state index in [1.807, 2.05) is 0 Å². The number of alkyl halides is 3. The summed E-state index contributed by atoms with van der Waals surface area (Å²) < 4.78 is 69.5. The van der Waals surface area contributed by atoms with E-state index < -0.39 is 39.8 Å². The second-order valence-electron chi connectivity index (χ2n) is 5.75. The Bertz CT molecular complexity index is 982. The second kappa shape index (κ2) is 8.52. The van der Waals surface area contributed by atoms with Gasteiger partial charge in [0.15, 0.2) is 0 Å². The summed E-state index contributed by atoms with van der Waals surface area (Å²) in [6.07, 6.45) is 3.00. The van der Waals surface area contributed by atoms with E-state index in [1.165, 1.54) is 24.3 Å². The lowest BCUT2D eigenvalue weighted by Crippen LogP contribution is -2.33. The van der Waals surface area contributed by atoms with E-state index in [0.717, 1.165) is 17.0 Å². The second-order valence-corrected chi connectivity index (χ2v) is 7.29. The molecular weight excluding hydrogens is 415 g/mol. The van der Waals surface area contributed by atoms with E-state index in [1.54, 1.807) is 0 Å². The van der Waals surface area contributed by atoms with Gasteiger partial charge in [-0.2, -0.15) is 21.6 Å². The standard InChI is InChI=1S/C18H16F3NO6S/c1-3-5-13(4-2)14-8-12(10-16(23)22-6-7-27-17(22)24)9-15(11-14)28-29(25,26)18(19,20)21/h3-5,8-9,11H,1-2,6-7,10H2/b13-5+. The first-order chi connectivity index (χ1) is 13.5. The fourth-order valence-corrected chi connectivity index (χ4v) is 2.89. The predicted octanol–water partition coefficient (Wildman–Crippen LogP) is 3.19. The monoisotopic (exact) mass is 431 g/mol. The van der Waals surface area contributed by atoms with E-state index in [-0.39, 0.29) is 24.3 Å². The number of allylic oxidation sites excluding steroid dienone is 4. The normalized spacial score (nSPS) is 15.1.